The number of aromatic nitrogens is 2. The van der Waals surface area contributed by atoms with E-state index in [4.69, 9.17) is 14.2 Å². The van der Waals surface area contributed by atoms with E-state index in [1.54, 1.807) is 43.6 Å². The molecule has 7 nitrogen and oxygen atoms in total. The van der Waals surface area contributed by atoms with Crippen LogP contribution in [0, 0.1) is 0 Å². The summed E-state index contributed by atoms with van der Waals surface area (Å²) in [7, 11) is 4.72. The molecule has 1 aliphatic heterocycles. The van der Waals surface area contributed by atoms with E-state index < -0.39 is 0 Å². The molecule has 1 aromatic carbocycles. The van der Waals surface area contributed by atoms with E-state index in [-0.39, 0.29) is 5.56 Å². The predicted octanol–water partition coefficient (Wildman–Crippen LogP) is 2.18. The second-order valence-electron chi connectivity index (χ2n) is 6.32. The smallest absolute Gasteiger partial charge is 0.262 e. The molecule has 0 bridgehead atoms. The van der Waals surface area contributed by atoms with E-state index in [0.717, 1.165) is 40.9 Å². The van der Waals surface area contributed by atoms with Crippen LogP contribution in [0.15, 0.2) is 23.3 Å². The molecule has 0 spiro atoms. The number of fused-ring (bicyclic) bond motifs is 3. The quantitative estimate of drug-likeness (QED) is 0.723. The Morgan fingerprint density at radius 3 is 2.59 bits per heavy atom. The maximum absolute atomic E-state index is 13.1. The second-order valence-corrected chi connectivity index (χ2v) is 7.41. The van der Waals surface area contributed by atoms with Gasteiger partial charge in [-0.15, -0.1) is 11.3 Å². The van der Waals surface area contributed by atoms with Crippen molar-refractivity contribution >= 4 is 21.6 Å². The number of nitrogens with zero attached hydrogens (tertiary/aromatic N) is 2. The fourth-order valence-electron chi connectivity index (χ4n) is 3.49. The first kappa shape index (κ1) is 17.8. The van der Waals surface area contributed by atoms with Gasteiger partial charge in [-0.05, 0) is 36.2 Å². The highest BCUT2D eigenvalue weighted by atomic mass is 32.1. The molecule has 0 saturated carbocycles. The van der Waals surface area contributed by atoms with Gasteiger partial charge in [-0.2, -0.15) is 0 Å². The number of hydrogen-bond acceptors (Lipinski definition) is 7. The number of thiophene rings is 1. The van der Waals surface area contributed by atoms with Crippen LogP contribution in [0.5, 0.6) is 17.2 Å². The number of rotatable bonds is 5. The van der Waals surface area contributed by atoms with Crippen molar-refractivity contribution in [2.75, 3.05) is 27.9 Å². The van der Waals surface area contributed by atoms with Crippen molar-refractivity contribution in [3.63, 3.8) is 0 Å². The van der Waals surface area contributed by atoms with Gasteiger partial charge in [0.05, 0.1) is 39.6 Å². The van der Waals surface area contributed by atoms with E-state index in [1.807, 2.05) is 12.1 Å². The Kier molecular flexibility index (Phi) is 4.75. The van der Waals surface area contributed by atoms with Crippen molar-refractivity contribution in [2.45, 2.75) is 19.5 Å². The lowest BCUT2D eigenvalue weighted by atomic mass is 10.1. The van der Waals surface area contributed by atoms with Gasteiger partial charge in [0.25, 0.3) is 5.56 Å². The van der Waals surface area contributed by atoms with Crippen LogP contribution in [0.2, 0.25) is 0 Å². The minimum atomic E-state index is -0.00634. The minimum Gasteiger partial charge on any atom is -0.493 e. The lowest BCUT2D eigenvalue weighted by Gasteiger charge is -2.15. The van der Waals surface area contributed by atoms with Gasteiger partial charge in [0.2, 0.25) is 5.75 Å². The molecule has 4 rings (SSSR count). The molecular weight excluding hydrogens is 366 g/mol. The van der Waals surface area contributed by atoms with Gasteiger partial charge in [0.15, 0.2) is 11.5 Å². The molecule has 0 unspecified atom stereocenters. The Hall–Kier alpha value is -2.58. The van der Waals surface area contributed by atoms with E-state index in [2.05, 4.69) is 10.3 Å². The van der Waals surface area contributed by atoms with Gasteiger partial charge in [0, 0.05) is 11.4 Å². The molecule has 0 amide bonds. The average Bonchev–Trinajstić information content (AvgIpc) is 3.08. The summed E-state index contributed by atoms with van der Waals surface area (Å²) in [4.78, 5) is 19.7. The van der Waals surface area contributed by atoms with Gasteiger partial charge >= 0.3 is 0 Å². The summed E-state index contributed by atoms with van der Waals surface area (Å²) < 4.78 is 17.8. The first-order valence-electron chi connectivity index (χ1n) is 8.65. The topological polar surface area (TPSA) is 74.6 Å². The van der Waals surface area contributed by atoms with Gasteiger partial charge in [-0.3, -0.25) is 9.36 Å². The number of hydrogen-bond donors (Lipinski definition) is 1. The van der Waals surface area contributed by atoms with Crippen LogP contribution in [0.1, 0.15) is 16.0 Å². The third-order valence-corrected chi connectivity index (χ3v) is 5.92. The van der Waals surface area contributed by atoms with Crippen LogP contribution >= 0.6 is 11.3 Å². The number of methoxy groups -OCH3 is 3. The molecule has 142 valence electrons. The highest BCUT2D eigenvalue weighted by Crippen LogP contribution is 2.38. The standard InChI is InChI=1S/C19H21N3O4S/c1-24-13-6-11(7-14(25-2)17(13)26-3)9-22-10-21-18-16(19(22)23)12-4-5-20-8-15(12)27-18/h6-7,10,20H,4-5,8-9H2,1-3H3. The molecule has 0 saturated heterocycles. The van der Waals surface area contributed by atoms with Crippen molar-refractivity contribution in [1.29, 1.82) is 0 Å². The Balaban J connectivity index is 1.78. The van der Waals surface area contributed by atoms with E-state index in [9.17, 15) is 4.79 Å². The van der Waals surface area contributed by atoms with Crippen LogP contribution in [-0.2, 0) is 19.5 Å². The fraction of sp³-hybridized carbons (Fsp3) is 0.368. The molecule has 1 N–H and O–H groups in total. The summed E-state index contributed by atoms with van der Waals surface area (Å²) in [6, 6.07) is 3.70. The molecule has 2 aromatic heterocycles. The minimum absolute atomic E-state index is 0.00634. The zero-order valence-electron chi connectivity index (χ0n) is 15.5. The fourth-order valence-corrected chi connectivity index (χ4v) is 4.63. The van der Waals surface area contributed by atoms with Crippen LogP contribution < -0.4 is 25.1 Å². The predicted molar refractivity (Wildman–Crippen MR) is 104 cm³/mol. The molecule has 1 aliphatic rings. The van der Waals surface area contributed by atoms with Crippen molar-refractivity contribution in [2.24, 2.45) is 0 Å². The largest absolute Gasteiger partial charge is 0.493 e. The molecule has 0 aliphatic carbocycles. The third-order valence-electron chi connectivity index (χ3n) is 4.78. The molecule has 0 atom stereocenters. The van der Waals surface area contributed by atoms with E-state index in [0.29, 0.717) is 23.8 Å². The second kappa shape index (κ2) is 7.21. The van der Waals surface area contributed by atoms with Crippen LogP contribution in [-0.4, -0.2) is 37.4 Å². The SMILES string of the molecule is COc1cc(Cn2cnc3sc4c(c3c2=O)CCNC4)cc(OC)c1OC. The zero-order chi connectivity index (χ0) is 19.0. The van der Waals surface area contributed by atoms with Gasteiger partial charge in [-0.25, -0.2) is 4.98 Å². The lowest BCUT2D eigenvalue weighted by Crippen LogP contribution is -2.25. The van der Waals surface area contributed by atoms with Crippen LogP contribution in [0.25, 0.3) is 10.2 Å². The molecule has 0 radical (unpaired) electrons. The Morgan fingerprint density at radius 2 is 1.93 bits per heavy atom. The summed E-state index contributed by atoms with van der Waals surface area (Å²) in [5.74, 6) is 1.66. The van der Waals surface area contributed by atoms with Gasteiger partial charge in [-0.1, -0.05) is 0 Å². The molecule has 27 heavy (non-hydrogen) atoms. The van der Waals surface area contributed by atoms with E-state index in [1.165, 1.54) is 4.88 Å². The summed E-state index contributed by atoms with van der Waals surface area (Å²) in [6.07, 6.45) is 2.48. The first-order valence-corrected chi connectivity index (χ1v) is 9.47. The normalized spacial score (nSPS) is 13.4. The van der Waals surface area contributed by atoms with Crippen LogP contribution in [0.3, 0.4) is 0 Å². The molecular formula is C19H21N3O4S. The third kappa shape index (κ3) is 3.04. The highest BCUT2D eigenvalue weighted by Gasteiger charge is 2.20. The molecule has 8 heteroatoms. The number of ether oxygens (including phenoxy) is 3. The molecule has 3 aromatic rings. The van der Waals surface area contributed by atoms with E-state index >= 15 is 0 Å². The maximum atomic E-state index is 13.1. The Bertz CT molecular complexity index is 1030. The molecule has 3 heterocycles. The number of benzene rings is 1. The summed E-state index contributed by atoms with van der Waals surface area (Å²) >= 11 is 1.60. The average molecular weight is 387 g/mol. The first-order chi connectivity index (χ1) is 13.2. The monoisotopic (exact) mass is 387 g/mol. The van der Waals surface area contributed by atoms with Crippen molar-refractivity contribution in [3.05, 3.63) is 44.8 Å². The van der Waals surface area contributed by atoms with Crippen LogP contribution in [0.4, 0.5) is 0 Å². The Morgan fingerprint density at radius 1 is 1.19 bits per heavy atom. The van der Waals surface area contributed by atoms with Crippen molar-refractivity contribution < 1.29 is 14.2 Å². The highest BCUT2D eigenvalue weighted by molar-refractivity contribution is 7.18. The Labute approximate surface area is 160 Å². The maximum Gasteiger partial charge on any atom is 0.262 e. The van der Waals surface area contributed by atoms with Gasteiger partial charge in [0.1, 0.15) is 4.83 Å². The lowest BCUT2D eigenvalue weighted by molar-refractivity contribution is 0.323. The van der Waals surface area contributed by atoms with Crippen molar-refractivity contribution in [1.82, 2.24) is 14.9 Å². The number of nitrogens with one attached hydrogen (secondary N) is 1. The van der Waals surface area contributed by atoms with Gasteiger partial charge < -0.3 is 19.5 Å². The summed E-state index contributed by atoms with van der Waals surface area (Å²) in [6.45, 7) is 2.07. The molecule has 0 fully saturated rings. The summed E-state index contributed by atoms with van der Waals surface area (Å²) in [5.41, 5.74) is 2.01. The van der Waals surface area contributed by atoms with Crippen molar-refractivity contribution in [3.8, 4) is 17.2 Å². The summed E-state index contributed by atoms with van der Waals surface area (Å²) in [5, 5.41) is 4.10. The zero-order valence-corrected chi connectivity index (χ0v) is 16.3.